The molecule has 6 rings (SSSR count). The lowest BCUT2D eigenvalue weighted by Crippen LogP contribution is -2.45. The van der Waals surface area contributed by atoms with E-state index in [2.05, 4.69) is 67.7 Å². The average molecular weight is 473 g/mol. The van der Waals surface area contributed by atoms with Gasteiger partial charge in [0.1, 0.15) is 11.5 Å². The first-order valence-corrected chi connectivity index (χ1v) is 12.4. The molecule has 182 valence electrons. The zero-order valence-electron chi connectivity index (χ0n) is 20.4. The highest BCUT2D eigenvalue weighted by molar-refractivity contribution is 5.53. The first kappa shape index (κ1) is 22.1. The highest BCUT2D eigenvalue weighted by atomic mass is 16.1. The van der Waals surface area contributed by atoms with E-state index in [0.717, 1.165) is 74.6 Å². The molecule has 0 radical (unpaired) electrons. The Labute approximate surface area is 204 Å². The second-order valence-corrected chi connectivity index (χ2v) is 9.84. The lowest BCUT2D eigenvalue weighted by Gasteiger charge is -2.34. The Kier molecular flexibility index (Phi) is 5.66. The highest BCUT2D eigenvalue weighted by Crippen LogP contribution is 2.24. The first-order chi connectivity index (χ1) is 17.1. The molecule has 1 atom stereocenters. The first-order valence-electron chi connectivity index (χ1n) is 12.4. The largest absolute Gasteiger partial charge is 0.355 e. The maximum absolute atomic E-state index is 13.1. The van der Waals surface area contributed by atoms with Gasteiger partial charge in [-0.3, -0.25) is 19.2 Å². The lowest BCUT2D eigenvalue weighted by molar-refractivity contribution is 0.211. The number of aromatic nitrogens is 5. The smallest absolute Gasteiger partial charge is 0.276 e. The number of likely N-dealkylation sites (N-methyl/N-ethyl adjacent to an activating group) is 2. The van der Waals surface area contributed by atoms with Crippen LogP contribution in [0.5, 0.6) is 0 Å². The van der Waals surface area contributed by atoms with Crippen LogP contribution in [0.15, 0.2) is 53.6 Å². The number of anilines is 1. The van der Waals surface area contributed by atoms with E-state index in [1.807, 2.05) is 18.2 Å². The Hall–Kier alpha value is -3.43. The summed E-state index contributed by atoms with van der Waals surface area (Å²) in [5, 5.41) is 3.29. The molecule has 1 N–H and O–H groups in total. The van der Waals surface area contributed by atoms with Crippen molar-refractivity contribution in [1.29, 1.82) is 0 Å². The van der Waals surface area contributed by atoms with Crippen LogP contribution < -0.4 is 10.5 Å². The minimum atomic E-state index is 0.0151. The molecule has 35 heavy (non-hydrogen) atoms. The van der Waals surface area contributed by atoms with E-state index in [9.17, 15) is 4.79 Å². The lowest BCUT2D eigenvalue weighted by atomic mass is 9.92. The third kappa shape index (κ3) is 4.15. The van der Waals surface area contributed by atoms with Gasteiger partial charge in [0.2, 0.25) is 0 Å². The van der Waals surface area contributed by atoms with Crippen molar-refractivity contribution in [1.82, 2.24) is 33.9 Å². The van der Waals surface area contributed by atoms with Crippen LogP contribution >= 0.6 is 0 Å². The standard InChI is InChI=1S/C26H32N8O/c1-30-12-14-32(15-13-30)25-8-5-7-24-28-19(18-33(24)25)17-31(2)20-9-10-22-21(16-20)26(35)34(29-22)23-6-3-4-11-27-23/h3-8,11,18,20,29H,9-10,12-17H2,1-2H3. The van der Waals surface area contributed by atoms with Gasteiger partial charge in [-0.1, -0.05) is 12.1 Å². The minimum absolute atomic E-state index is 0.0151. The predicted octanol–water partition coefficient (Wildman–Crippen LogP) is 1.95. The molecule has 2 aliphatic rings. The monoisotopic (exact) mass is 472 g/mol. The van der Waals surface area contributed by atoms with Gasteiger partial charge in [-0.05, 0) is 57.6 Å². The van der Waals surface area contributed by atoms with Gasteiger partial charge in [0.05, 0.1) is 5.69 Å². The molecular weight excluding hydrogens is 440 g/mol. The van der Waals surface area contributed by atoms with Crippen LogP contribution in [-0.4, -0.2) is 80.3 Å². The van der Waals surface area contributed by atoms with Crippen LogP contribution in [0.2, 0.25) is 0 Å². The zero-order chi connectivity index (χ0) is 23.9. The molecule has 0 bridgehead atoms. The van der Waals surface area contributed by atoms with E-state index < -0.39 is 0 Å². The molecule has 1 unspecified atom stereocenters. The van der Waals surface area contributed by atoms with E-state index >= 15 is 0 Å². The Morgan fingerprint density at radius 2 is 1.97 bits per heavy atom. The van der Waals surface area contributed by atoms with E-state index in [0.29, 0.717) is 11.9 Å². The summed E-state index contributed by atoms with van der Waals surface area (Å²) in [6.45, 7) is 4.96. The van der Waals surface area contributed by atoms with Crippen molar-refractivity contribution in [2.24, 2.45) is 0 Å². The Morgan fingerprint density at radius 1 is 1.11 bits per heavy atom. The van der Waals surface area contributed by atoms with Crippen molar-refractivity contribution in [3.8, 4) is 5.82 Å². The molecular formula is C26H32N8O. The van der Waals surface area contributed by atoms with Crippen molar-refractivity contribution in [2.45, 2.75) is 31.8 Å². The number of aryl methyl sites for hydroxylation is 1. The number of nitrogens with one attached hydrogen (secondary N) is 1. The number of hydrogen-bond donors (Lipinski definition) is 1. The number of piperazine rings is 1. The van der Waals surface area contributed by atoms with Gasteiger partial charge < -0.3 is 9.80 Å². The van der Waals surface area contributed by atoms with Crippen LogP contribution in [0.25, 0.3) is 11.5 Å². The normalized spacial score (nSPS) is 18.9. The molecule has 0 saturated carbocycles. The molecule has 1 saturated heterocycles. The molecule has 1 aliphatic heterocycles. The topological polar surface area (TPSA) is 77.7 Å². The van der Waals surface area contributed by atoms with E-state index in [1.165, 1.54) is 5.82 Å². The van der Waals surface area contributed by atoms with Crippen LogP contribution in [0.1, 0.15) is 23.4 Å². The van der Waals surface area contributed by atoms with Crippen molar-refractivity contribution in [2.75, 3.05) is 45.2 Å². The number of rotatable bonds is 5. The SMILES string of the molecule is CN1CCN(c2cccc3nc(CN(C)C4CCc5[nH]n(-c6ccccn6)c(=O)c5C4)cn23)CC1. The number of aromatic amines is 1. The highest BCUT2D eigenvalue weighted by Gasteiger charge is 2.28. The molecule has 5 heterocycles. The molecule has 0 spiro atoms. The van der Waals surface area contributed by atoms with Crippen LogP contribution in [0.4, 0.5) is 5.82 Å². The number of H-pyrrole nitrogens is 1. The third-order valence-corrected chi connectivity index (χ3v) is 7.50. The fraction of sp³-hybridized carbons (Fsp3) is 0.423. The van der Waals surface area contributed by atoms with Crippen molar-refractivity contribution < 1.29 is 0 Å². The summed E-state index contributed by atoms with van der Waals surface area (Å²) in [7, 11) is 4.32. The van der Waals surface area contributed by atoms with Gasteiger partial charge >= 0.3 is 0 Å². The van der Waals surface area contributed by atoms with Crippen LogP contribution in [0.3, 0.4) is 0 Å². The van der Waals surface area contributed by atoms with Gasteiger partial charge in [0.25, 0.3) is 5.56 Å². The summed E-state index contributed by atoms with van der Waals surface area (Å²) in [5.74, 6) is 1.85. The third-order valence-electron chi connectivity index (χ3n) is 7.50. The Balaban J connectivity index is 1.19. The van der Waals surface area contributed by atoms with E-state index in [-0.39, 0.29) is 5.56 Å². The average Bonchev–Trinajstić information content (AvgIpc) is 3.45. The van der Waals surface area contributed by atoms with E-state index in [4.69, 9.17) is 4.98 Å². The van der Waals surface area contributed by atoms with Gasteiger partial charge in [-0.15, -0.1) is 0 Å². The van der Waals surface area contributed by atoms with E-state index in [1.54, 1.807) is 10.9 Å². The molecule has 4 aromatic rings. The van der Waals surface area contributed by atoms with Crippen molar-refractivity contribution >= 4 is 11.5 Å². The van der Waals surface area contributed by atoms with Crippen molar-refractivity contribution in [3.63, 3.8) is 0 Å². The molecule has 0 amide bonds. The summed E-state index contributed by atoms with van der Waals surface area (Å²) in [4.78, 5) is 29.5. The Bertz CT molecular complexity index is 1380. The van der Waals surface area contributed by atoms with Gasteiger partial charge in [0, 0.05) is 62.4 Å². The second kappa shape index (κ2) is 8.98. The number of hydrogen-bond acceptors (Lipinski definition) is 6. The molecule has 1 fully saturated rings. The van der Waals surface area contributed by atoms with Crippen LogP contribution in [-0.2, 0) is 19.4 Å². The summed E-state index contributed by atoms with van der Waals surface area (Å²) in [6, 6.07) is 12.3. The quantitative estimate of drug-likeness (QED) is 0.479. The van der Waals surface area contributed by atoms with Gasteiger partial charge in [-0.2, -0.15) is 0 Å². The fourth-order valence-electron chi connectivity index (χ4n) is 5.41. The summed E-state index contributed by atoms with van der Waals surface area (Å²) in [6.07, 6.45) is 6.49. The maximum atomic E-state index is 13.1. The Morgan fingerprint density at radius 3 is 2.77 bits per heavy atom. The second-order valence-electron chi connectivity index (χ2n) is 9.84. The summed E-state index contributed by atoms with van der Waals surface area (Å²) in [5.41, 5.74) is 3.97. The van der Waals surface area contributed by atoms with Gasteiger partial charge in [-0.25, -0.2) is 14.6 Å². The number of nitrogens with zero attached hydrogens (tertiary/aromatic N) is 7. The minimum Gasteiger partial charge on any atom is -0.355 e. The summed E-state index contributed by atoms with van der Waals surface area (Å²) < 4.78 is 3.81. The van der Waals surface area contributed by atoms with Crippen molar-refractivity contribution in [3.05, 3.63) is 76.1 Å². The molecule has 4 aromatic heterocycles. The predicted molar refractivity (Wildman–Crippen MR) is 136 cm³/mol. The molecule has 1 aliphatic carbocycles. The fourth-order valence-corrected chi connectivity index (χ4v) is 5.41. The number of pyridine rings is 2. The van der Waals surface area contributed by atoms with Crippen LogP contribution in [0, 0.1) is 0 Å². The molecule has 9 nitrogen and oxygen atoms in total. The maximum Gasteiger partial charge on any atom is 0.276 e. The number of fused-ring (bicyclic) bond motifs is 2. The summed E-state index contributed by atoms with van der Waals surface area (Å²) >= 11 is 0. The molecule has 0 aromatic carbocycles. The number of imidazole rings is 1. The van der Waals surface area contributed by atoms with Gasteiger partial charge in [0.15, 0.2) is 5.82 Å². The molecule has 9 heteroatoms. The zero-order valence-corrected chi connectivity index (χ0v) is 20.4.